The molecule has 0 radical (unpaired) electrons. The Morgan fingerprint density at radius 3 is 2.48 bits per heavy atom. The Bertz CT molecular complexity index is 654. The van der Waals surface area contributed by atoms with Gasteiger partial charge in [0.2, 0.25) is 0 Å². The number of carbonyl (C=O) groups excluding carboxylic acids is 1. The molecule has 23 heavy (non-hydrogen) atoms. The smallest absolute Gasteiger partial charge is 0.277 e. The number of nitrogens with one attached hydrogen (secondary N) is 1. The van der Waals surface area contributed by atoms with E-state index in [0.717, 1.165) is 28.6 Å². The minimum Gasteiger partial charge on any atom is -0.484 e. The van der Waals surface area contributed by atoms with Gasteiger partial charge in [0.25, 0.3) is 5.91 Å². The Morgan fingerprint density at radius 2 is 1.83 bits per heavy atom. The van der Waals surface area contributed by atoms with Gasteiger partial charge in [0, 0.05) is 4.47 Å². The van der Waals surface area contributed by atoms with Gasteiger partial charge in [-0.3, -0.25) is 4.79 Å². The highest BCUT2D eigenvalue weighted by atomic mass is 79.9. The molecule has 1 amide bonds. The highest BCUT2D eigenvalue weighted by molar-refractivity contribution is 9.10. The summed E-state index contributed by atoms with van der Waals surface area (Å²) in [5.74, 6) is 0.363. The molecule has 0 heterocycles. The van der Waals surface area contributed by atoms with E-state index >= 15 is 0 Å². The molecule has 0 bridgehead atoms. The van der Waals surface area contributed by atoms with Crippen LogP contribution in [0.3, 0.4) is 0 Å². The van der Waals surface area contributed by atoms with Crippen molar-refractivity contribution < 1.29 is 9.53 Å². The normalized spacial score (nSPS) is 11.1. The second-order valence-electron chi connectivity index (χ2n) is 4.95. The van der Waals surface area contributed by atoms with Crippen LogP contribution in [0.1, 0.15) is 25.3 Å². The molecule has 1 N–H and O–H groups in total. The van der Waals surface area contributed by atoms with E-state index < -0.39 is 0 Å². The Kier molecular flexibility index (Phi) is 6.81. The number of hydrazone groups is 1. The summed E-state index contributed by atoms with van der Waals surface area (Å²) in [6.45, 7) is 2.01. The van der Waals surface area contributed by atoms with Gasteiger partial charge in [0.15, 0.2) is 6.61 Å². The topological polar surface area (TPSA) is 50.7 Å². The number of hydrogen-bond acceptors (Lipinski definition) is 3. The third kappa shape index (κ3) is 5.87. The lowest BCUT2D eigenvalue weighted by atomic mass is 10.1. The molecule has 4 nitrogen and oxygen atoms in total. The molecule has 0 saturated heterocycles. The second-order valence-corrected chi connectivity index (χ2v) is 5.87. The number of nitrogens with zero attached hydrogens (tertiary/aromatic N) is 1. The molecule has 120 valence electrons. The van der Waals surface area contributed by atoms with E-state index in [0.29, 0.717) is 5.75 Å². The summed E-state index contributed by atoms with van der Waals surface area (Å²) in [4.78, 5) is 11.9. The molecule has 0 aliphatic heterocycles. The summed E-state index contributed by atoms with van der Waals surface area (Å²) in [5, 5.41) is 4.24. The lowest BCUT2D eigenvalue weighted by Crippen LogP contribution is -2.26. The lowest BCUT2D eigenvalue weighted by molar-refractivity contribution is -0.123. The van der Waals surface area contributed by atoms with Crippen LogP contribution in [0.5, 0.6) is 5.75 Å². The van der Waals surface area contributed by atoms with Gasteiger partial charge in [-0.1, -0.05) is 59.6 Å². The van der Waals surface area contributed by atoms with Crippen LogP contribution in [-0.2, 0) is 4.79 Å². The van der Waals surface area contributed by atoms with Crippen molar-refractivity contribution in [1.82, 2.24) is 5.43 Å². The first kappa shape index (κ1) is 17.2. The van der Waals surface area contributed by atoms with Crippen LogP contribution in [0.2, 0.25) is 0 Å². The number of benzene rings is 2. The van der Waals surface area contributed by atoms with Gasteiger partial charge in [-0.25, -0.2) is 5.43 Å². The summed E-state index contributed by atoms with van der Waals surface area (Å²) < 4.78 is 6.38. The minimum atomic E-state index is -0.280. The van der Waals surface area contributed by atoms with Crippen molar-refractivity contribution in [3.8, 4) is 5.75 Å². The zero-order valence-corrected chi connectivity index (χ0v) is 14.5. The Hall–Kier alpha value is -2.14. The summed E-state index contributed by atoms with van der Waals surface area (Å²) in [6, 6.07) is 17.2. The first-order valence-electron chi connectivity index (χ1n) is 7.48. The standard InChI is InChI=1S/C18H19BrN2O2/c1-2-6-17(14-7-4-3-5-8-14)20-21-18(22)13-23-16-11-9-15(19)10-12-16/h3-5,7-12H,2,6,13H2,1H3,(H,21,22). The molecular weight excluding hydrogens is 356 g/mol. The van der Waals surface area contributed by atoms with Crippen LogP contribution in [0.4, 0.5) is 0 Å². The van der Waals surface area contributed by atoms with Crippen LogP contribution in [0.25, 0.3) is 0 Å². The molecule has 0 spiro atoms. The molecule has 2 aromatic rings. The van der Waals surface area contributed by atoms with Gasteiger partial charge < -0.3 is 4.74 Å². The van der Waals surface area contributed by atoms with E-state index in [1.165, 1.54) is 0 Å². The second kappa shape index (κ2) is 9.10. The zero-order valence-electron chi connectivity index (χ0n) is 13.0. The van der Waals surface area contributed by atoms with E-state index in [1.54, 1.807) is 12.1 Å². The van der Waals surface area contributed by atoms with E-state index in [-0.39, 0.29) is 12.5 Å². The number of hydrogen-bond donors (Lipinski definition) is 1. The Morgan fingerprint density at radius 1 is 1.13 bits per heavy atom. The molecule has 0 atom stereocenters. The first-order chi connectivity index (χ1) is 11.2. The highest BCUT2D eigenvalue weighted by Crippen LogP contribution is 2.15. The summed E-state index contributed by atoms with van der Waals surface area (Å²) in [5.41, 5.74) is 4.45. The molecule has 0 saturated carbocycles. The highest BCUT2D eigenvalue weighted by Gasteiger charge is 2.05. The van der Waals surface area contributed by atoms with Crippen molar-refractivity contribution in [3.63, 3.8) is 0 Å². The molecular formula is C18H19BrN2O2. The van der Waals surface area contributed by atoms with Crippen molar-refractivity contribution in [3.05, 3.63) is 64.6 Å². The van der Waals surface area contributed by atoms with Crippen molar-refractivity contribution in [2.45, 2.75) is 19.8 Å². The average Bonchev–Trinajstić information content (AvgIpc) is 2.59. The van der Waals surface area contributed by atoms with Gasteiger partial charge in [0.1, 0.15) is 5.75 Å². The molecule has 2 aromatic carbocycles. The minimum absolute atomic E-state index is 0.0701. The molecule has 5 heteroatoms. The fraction of sp³-hybridized carbons (Fsp3) is 0.222. The number of rotatable bonds is 7. The van der Waals surface area contributed by atoms with E-state index in [4.69, 9.17) is 4.74 Å². The predicted octanol–water partition coefficient (Wildman–Crippen LogP) is 4.15. The maximum atomic E-state index is 11.9. The quantitative estimate of drug-likeness (QED) is 0.584. The predicted molar refractivity (Wildman–Crippen MR) is 95.7 cm³/mol. The SMILES string of the molecule is CCCC(=NNC(=O)COc1ccc(Br)cc1)c1ccccc1. The molecule has 0 aliphatic carbocycles. The van der Waals surface area contributed by atoms with Crippen molar-refractivity contribution >= 4 is 27.5 Å². The van der Waals surface area contributed by atoms with Gasteiger partial charge >= 0.3 is 0 Å². The van der Waals surface area contributed by atoms with Crippen LogP contribution in [0.15, 0.2) is 64.2 Å². The molecule has 0 aliphatic rings. The number of carbonyl (C=O) groups is 1. The van der Waals surface area contributed by atoms with Crippen molar-refractivity contribution in [2.24, 2.45) is 5.10 Å². The largest absolute Gasteiger partial charge is 0.484 e. The maximum Gasteiger partial charge on any atom is 0.277 e. The molecule has 0 unspecified atom stereocenters. The van der Waals surface area contributed by atoms with Crippen molar-refractivity contribution in [2.75, 3.05) is 6.61 Å². The zero-order chi connectivity index (χ0) is 16.5. The summed E-state index contributed by atoms with van der Waals surface area (Å²) in [7, 11) is 0. The Balaban J connectivity index is 1.91. The number of halogens is 1. The molecule has 0 aromatic heterocycles. The third-order valence-electron chi connectivity index (χ3n) is 3.09. The fourth-order valence-electron chi connectivity index (χ4n) is 1.97. The third-order valence-corrected chi connectivity index (χ3v) is 3.62. The van der Waals surface area contributed by atoms with Crippen LogP contribution < -0.4 is 10.2 Å². The van der Waals surface area contributed by atoms with Crippen LogP contribution in [-0.4, -0.2) is 18.2 Å². The van der Waals surface area contributed by atoms with E-state index in [2.05, 4.69) is 33.4 Å². The average molecular weight is 375 g/mol. The van der Waals surface area contributed by atoms with Gasteiger partial charge in [-0.15, -0.1) is 0 Å². The first-order valence-corrected chi connectivity index (χ1v) is 8.27. The summed E-state index contributed by atoms with van der Waals surface area (Å²) in [6.07, 6.45) is 1.76. The van der Waals surface area contributed by atoms with Crippen LogP contribution >= 0.6 is 15.9 Å². The Labute approximate surface area is 144 Å². The van der Waals surface area contributed by atoms with Gasteiger partial charge in [-0.05, 0) is 36.2 Å². The van der Waals surface area contributed by atoms with Crippen LogP contribution in [0, 0.1) is 0 Å². The van der Waals surface area contributed by atoms with E-state index in [9.17, 15) is 4.79 Å². The number of amides is 1. The lowest BCUT2D eigenvalue weighted by Gasteiger charge is -2.07. The van der Waals surface area contributed by atoms with Gasteiger partial charge in [-0.2, -0.15) is 5.10 Å². The summed E-state index contributed by atoms with van der Waals surface area (Å²) >= 11 is 3.35. The fourth-order valence-corrected chi connectivity index (χ4v) is 2.24. The molecule has 2 rings (SSSR count). The maximum absolute atomic E-state index is 11.9. The van der Waals surface area contributed by atoms with Crippen molar-refractivity contribution in [1.29, 1.82) is 0 Å². The van der Waals surface area contributed by atoms with E-state index in [1.807, 2.05) is 42.5 Å². The monoisotopic (exact) mass is 374 g/mol. The number of ether oxygens (including phenoxy) is 1. The van der Waals surface area contributed by atoms with Gasteiger partial charge in [0.05, 0.1) is 5.71 Å². The molecule has 0 fully saturated rings.